The van der Waals surface area contributed by atoms with Crippen molar-refractivity contribution in [2.45, 2.75) is 41.5 Å². The number of anilines is 1. The quantitative estimate of drug-likeness (QED) is 0.453. The number of nitro benzene ring substituents is 1. The normalized spacial score (nSPS) is 9.00. The molecule has 0 aliphatic rings. The van der Waals surface area contributed by atoms with Gasteiger partial charge in [-0.2, -0.15) is 0 Å². The van der Waals surface area contributed by atoms with E-state index in [1.165, 1.54) is 24.3 Å². The van der Waals surface area contributed by atoms with Crippen LogP contribution in [0.15, 0.2) is 36.4 Å². The Morgan fingerprint density at radius 2 is 1.42 bits per heavy atom. The first-order valence-electron chi connectivity index (χ1n) is 6.85. The Morgan fingerprint density at radius 1 is 0.958 bits per heavy atom. The molecule has 0 unspecified atom stereocenters. The minimum atomic E-state index is -0.502. The monoisotopic (exact) mass is 340 g/mol. The second kappa shape index (κ2) is 11.1. The average Bonchev–Trinajstić information content (AvgIpc) is 2.49. The molecule has 4 nitrogen and oxygen atoms in total. The van der Waals surface area contributed by atoms with Crippen LogP contribution in [0.5, 0.6) is 0 Å². The van der Waals surface area contributed by atoms with Crippen molar-refractivity contribution in [3.63, 3.8) is 0 Å². The van der Waals surface area contributed by atoms with Gasteiger partial charge in [0.15, 0.2) is 0 Å². The summed E-state index contributed by atoms with van der Waals surface area (Å²) < 4.78 is 25.1. The molecule has 134 valence electrons. The fourth-order valence-corrected chi connectivity index (χ4v) is 1.90. The Labute approximate surface area is 142 Å². The Bertz CT molecular complexity index is 661. The molecule has 0 fully saturated rings. The van der Waals surface area contributed by atoms with Crippen molar-refractivity contribution in [1.29, 1.82) is 0 Å². The van der Waals surface area contributed by atoms with Crippen LogP contribution in [0.4, 0.5) is 20.2 Å². The molecule has 0 radical (unpaired) electrons. The zero-order chi connectivity index (χ0) is 16.7. The SMILES string of the molecule is C.C.CCc1cc(F)ccc1N.CCc1cc(F)ccc1[N+](=O)[O-]. The van der Waals surface area contributed by atoms with Gasteiger partial charge >= 0.3 is 0 Å². The minimum Gasteiger partial charge on any atom is -0.399 e. The zero-order valence-corrected chi connectivity index (χ0v) is 12.5. The second-order valence-electron chi connectivity index (χ2n) is 4.58. The number of benzene rings is 2. The maximum absolute atomic E-state index is 12.6. The largest absolute Gasteiger partial charge is 0.399 e. The zero-order valence-electron chi connectivity index (χ0n) is 12.5. The number of nitro groups is 1. The number of hydrogen-bond acceptors (Lipinski definition) is 3. The van der Waals surface area contributed by atoms with Gasteiger partial charge in [0.25, 0.3) is 5.69 Å². The standard InChI is InChI=1S/C8H8FNO2.C8H10FN.2CH4/c1-2-6-5-7(9)3-4-8(6)10(11)12;1-2-6-5-7(9)3-4-8(6)10;;/h3-5H,2H2,1H3;3-5H,2,10H2,1H3;2*1H4. The molecule has 6 heteroatoms. The second-order valence-corrected chi connectivity index (χ2v) is 4.58. The van der Waals surface area contributed by atoms with Gasteiger partial charge in [-0.3, -0.25) is 10.1 Å². The van der Waals surface area contributed by atoms with E-state index in [1.54, 1.807) is 13.0 Å². The average molecular weight is 340 g/mol. The summed E-state index contributed by atoms with van der Waals surface area (Å²) in [4.78, 5) is 9.87. The van der Waals surface area contributed by atoms with Gasteiger partial charge < -0.3 is 5.73 Å². The maximum atomic E-state index is 12.6. The number of nitrogen functional groups attached to an aromatic ring is 1. The van der Waals surface area contributed by atoms with Gasteiger partial charge in [0.2, 0.25) is 0 Å². The first kappa shape index (κ1) is 23.8. The van der Waals surface area contributed by atoms with E-state index in [0.29, 0.717) is 17.7 Å². The van der Waals surface area contributed by atoms with Crippen molar-refractivity contribution < 1.29 is 13.7 Å². The highest BCUT2D eigenvalue weighted by molar-refractivity contribution is 5.46. The third kappa shape index (κ3) is 6.73. The third-order valence-electron chi connectivity index (χ3n) is 3.11. The van der Waals surface area contributed by atoms with Gasteiger partial charge in [-0.25, -0.2) is 8.78 Å². The van der Waals surface area contributed by atoms with Crippen molar-refractivity contribution in [3.05, 3.63) is 69.3 Å². The molecule has 0 aliphatic heterocycles. The molecule has 0 amide bonds. The van der Waals surface area contributed by atoms with E-state index in [1.807, 2.05) is 6.92 Å². The third-order valence-corrected chi connectivity index (χ3v) is 3.11. The van der Waals surface area contributed by atoms with Crippen LogP contribution in [0.1, 0.15) is 39.8 Å². The molecule has 0 saturated heterocycles. The molecule has 0 aliphatic carbocycles. The Balaban J connectivity index is 0. The van der Waals surface area contributed by atoms with E-state index in [4.69, 9.17) is 5.73 Å². The van der Waals surface area contributed by atoms with Gasteiger partial charge in [0.05, 0.1) is 4.92 Å². The van der Waals surface area contributed by atoms with E-state index < -0.39 is 10.7 Å². The molecule has 2 aromatic rings. The summed E-state index contributed by atoms with van der Waals surface area (Å²) in [6.07, 6.45) is 1.25. The Morgan fingerprint density at radius 3 is 1.83 bits per heavy atom. The number of rotatable bonds is 3. The van der Waals surface area contributed by atoms with Gasteiger partial charge in [-0.15, -0.1) is 0 Å². The summed E-state index contributed by atoms with van der Waals surface area (Å²) in [5.74, 6) is -0.650. The molecule has 0 saturated carbocycles. The molecule has 2 N–H and O–H groups in total. The number of aryl methyl sites for hydroxylation is 2. The number of halogens is 2. The molecular weight excluding hydrogens is 314 g/mol. The van der Waals surface area contributed by atoms with Gasteiger partial charge in [0, 0.05) is 17.3 Å². The van der Waals surface area contributed by atoms with Crippen molar-refractivity contribution in [2.75, 3.05) is 5.73 Å². The van der Waals surface area contributed by atoms with Crippen LogP contribution in [0.25, 0.3) is 0 Å². The molecule has 0 atom stereocenters. The fourth-order valence-electron chi connectivity index (χ4n) is 1.90. The smallest absolute Gasteiger partial charge is 0.272 e. The minimum absolute atomic E-state index is 0. The number of hydrogen-bond donors (Lipinski definition) is 1. The molecule has 0 heterocycles. The van der Waals surface area contributed by atoms with Crippen molar-refractivity contribution >= 4 is 11.4 Å². The van der Waals surface area contributed by atoms with E-state index in [0.717, 1.165) is 18.1 Å². The van der Waals surface area contributed by atoms with Gasteiger partial charge in [-0.05, 0) is 48.7 Å². The van der Waals surface area contributed by atoms with Crippen molar-refractivity contribution in [3.8, 4) is 0 Å². The van der Waals surface area contributed by atoms with Crippen LogP contribution in [-0.4, -0.2) is 4.92 Å². The lowest BCUT2D eigenvalue weighted by Crippen LogP contribution is -1.94. The van der Waals surface area contributed by atoms with Crippen LogP contribution in [-0.2, 0) is 12.8 Å². The van der Waals surface area contributed by atoms with E-state index in [2.05, 4.69) is 0 Å². The first-order chi connectivity index (χ1) is 10.4. The summed E-state index contributed by atoms with van der Waals surface area (Å²) in [7, 11) is 0. The predicted octanol–water partition coefficient (Wildman–Crippen LogP) is 5.54. The molecule has 2 aromatic carbocycles. The lowest BCUT2D eigenvalue weighted by molar-refractivity contribution is -0.385. The molecule has 0 bridgehead atoms. The van der Waals surface area contributed by atoms with Crippen LogP contribution < -0.4 is 5.73 Å². The lowest BCUT2D eigenvalue weighted by Gasteiger charge is -2.00. The predicted molar refractivity (Wildman–Crippen MR) is 96.1 cm³/mol. The van der Waals surface area contributed by atoms with Crippen molar-refractivity contribution in [2.24, 2.45) is 0 Å². The highest BCUT2D eigenvalue weighted by atomic mass is 19.1. The van der Waals surface area contributed by atoms with Crippen LogP contribution in [0.3, 0.4) is 0 Å². The summed E-state index contributed by atoms with van der Waals surface area (Å²) in [6.45, 7) is 3.70. The summed E-state index contributed by atoms with van der Waals surface area (Å²) >= 11 is 0. The summed E-state index contributed by atoms with van der Waals surface area (Å²) in [5, 5.41) is 10.4. The molecular formula is C18H26F2N2O2. The van der Waals surface area contributed by atoms with Crippen molar-refractivity contribution in [1.82, 2.24) is 0 Å². The Hall–Kier alpha value is -2.50. The van der Waals surface area contributed by atoms with Crippen LogP contribution in [0, 0.1) is 21.7 Å². The van der Waals surface area contributed by atoms with Gasteiger partial charge in [-0.1, -0.05) is 28.7 Å². The molecule has 0 spiro atoms. The maximum Gasteiger partial charge on any atom is 0.272 e. The van der Waals surface area contributed by atoms with E-state index in [9.17, 15) is 18.9 Å². The summed E-state index contributed by atoms with van der Waals surface area (Å²) in [6, 6.07) is 7.90. The topological polar surface area (TPSA) is 69.2 Å². The first-order valence-corrected chi connectivity index (χ1v) is 6.85. The highest BCUT2D eigenvalue weighted by Gasteiger charge is 2.11. The van der Waals surface area contributed by atoms with Crippen LogP contribution in [0.2, 0.25) is 0 Å². The molecule has 24 heavy (non-hydrogen) atoms. The van der Waals surface area contributed by atoms with Crippen LogP contribution >= 0.6 is 0 Å². The Kier molecular flexibility index (Phi) is 11.0. The lowest BCUT2D eigenvalue weighted by atomic mass is 10.1. The number of nitrogens with zero attached hydrogens (tertiary/aromatic N) is 1. The van der Waals surface area contributed by atoms with Gasteiger partial charge in [0.1, 0.15) is 11.6 Å². The fraction of sp³-hybridized carbons (Fsp3) is 0.333. The molecule has 2 rings (SSSR count). The summed E-state index contributed by atoms with van der Waals surface area (Å²) in [5.41, 5.74) is 7.49. The van der Waals surface area contributed by atoms with E-state index in [-0.39, 0.29) is 26.4 Å². The number of nitrogens with two attached hydrogens (primary N) is 1. The highest BCUT2D eigenvalue weighted by Crippen LogP contribution is 2.19. The molecule has 0 aromatic heterocycles. The van der Waals surface area contributed by atoms with E-state index >= 15 is 0 Å².